The second kappa shape index (κ2) is 6.27. The summed E-state index contributed by atoms with van der Waals surface area (Å²) in [6, 6.07) is 8.03. The van der Waals surface area contributed by atoms with Crippen molar-refractivity contribution in [3.8, 4) is 0 Å². The average molecular weight is 276 g/mol. The Kier molecular flexibility index (Phi) is 4.65. The average Bonchev–Trinajstić information content (AvgIpc) is 2.38. The van der Waals surface area contributed by atoms with E-state index < -0.39 is 0 Å². The number of nitrogens with one attached hydrogen (secondary N) is 1. The normalized spacial score (nSPS) is 16.1. The molecule has 0 bridgehead atoms. The van der Waals surface area contributed by atoms with Gasteiger partial charge in [0.05, 0.1) is 13.2 Å². The molecule has 0 atom stereocenters. The molecule has 2 rings (SSSR count). The van der Waals surface area contributed by atoms with Crippen molar-refractivity contribution in [3.63, 3.8) is 0 Å². The lowest BCUT2D eigenvalue weighted by molar-refractivity contribution is -0.117. The summed E-state index contributed by atoms with van der Waals surface area (Å²) in [4.78, 5) is 14.2. The number of amides is 1. The third kappa shape index (κ3) is 4.53. The van der Waals surface area contributed by atoms with Crippen LogP contribution in [0.2, 0.25) is 0 Å². The Morgan fingerprint density at radius 2 is 1.80 bits per heavy atom. The van der Waals surface area contributed by atoms with Crippen LogP contribution < -0.4 is 10.2 Å². The lowest BCUT2D eigenvalue weighted by Crippen LogP contribution is -2.36. The highest BCUT2D eigenvalue weighted by Gasteiger charge is 2.16. The highest BCUT2D eigenvalue weighted by Crippen LogP contribution is 2.21. The molecule has 1 N–H and O–H groups in total. The summed E-state index contributed by atoms with van der Waals surface area (Å²) < 4.78 is 5.35. The van der Waals surface area contributed by atoms with E-state index in [4.69, 9.17) is 4.74 Å². The zero-order valence-electron chi connectivity index (χ0n) is 12.6. The van der Waals surface area contributed by atoms with Gasteiger partial charge in [0.15, 0.2) is 0 Å². The van der Waals surface area contributed by atoms with E-state index in [0.29, 0.717) is 6.42 Å². The van der Waals surface area contributed by atoms with Crippen molar-refractivity contribution in [1.82, 2.24) is 0 Å². The predicted octanol–water partition coefficient (Wildman–Crippen LogP) is 2.90. The number of anilines is 2. The third-order valence-electron chi connectivity index (χ3n) is 3.22. The monoisotopic (exact) mass is 276 g/mol. The number of ether oxygens (including phenoxy) is 1. The molecule has 4 heteroatoms. The molecule has 1 amide bonds. The number of benzene rings is 1. The molecule has 110 valence electrons. The van der Waals surface area contributed by atoms with Crippen molar-refractivity contribution in [2.75, 3.05) is 36.5 Å². The maximum absolute atomic E-state index is 11.9. The van der Waals surface area contributed by atoms with E-state index in [-0.39, 0.29) is 11.3 Å². The third-order valence-corrected chi connectivity index (χ3v) is 3.22. The van der Waals surface area contributed by atoms with Crippen LogP contribution in [-0.4, -0.2) is 32.2 Å². The van der Waals surface area contributed by atoms with Gasteiger partial charge in [0, 0.05) is 30.9 Å². The van der Waals surface area contributed by atoms with Gasteiger partial charge in [-0.3, -0.25) is 4.79 Å². The maximum atomic E-state index is 11.9. The first-order valence-electron chi connectivity index (χ1n) is 7.17. The summed E-state index contributed by atoms with van der Waals surface area (Å²) >= 11 is 0. The molecular weight excluding hydrogens is 252 g/mol. The van der Waals surface area contributed by atoms with Crippen molar-refractivity contribution < 1.29 is 9.53 Å². The van der Waals surface area contributed by atoms with Gasteiger partial charge in [-0.15, -0.1) is 0 Å². The summed E-state index contributed by atoms with van der Waals surface area (Å²) in [5.74, 6) is 0.0663. The van der Waals surface area contributed by atoms with Crippen molar-refractivity contribution in [2.45, 2.75) is 27.2 Å². The van der Waals surface area contributed by atoms with Gasteiger partial charge in [0.1, 0.15) is 0 Å². The fourth-order valence-corrected chi connectivity index (χ4v) is 2.26. The topological polar surface area (TPSA) is 41.6 Å². The number of hydrogen-bond donors (Lipinski definition) is 1. The number of carbonyl (C=O) groups excluding carboxylic acids is 1. The molecule has 1 aliphatic rings. The minimum absolute atomic E-state index is 0.0117. The van der Waals surface area contributed by atoms with E-state index >= 15 is 0 Å². The van der Waals surface area contributed by atoms with E-state index in [0.717, 1.165) is 32.0 Å². The molecule has 0 radical (unpaired) electrons. The Labute approximate surface area is 121 Å². The van der Waals surface area contributed by atoms with Crippen LogP contribution in [-0.2, 0) is 9.53 Å². The second-order valence-electron chi connectivity index (χ2n) is 6.43. The van der Waals surface area contributed by atoms with E-state index in [1.807, 2.05) is 12.1 Å². The fourth-order valence-electron chi connectivity index (χ4n) is 2.26. The van der Waals surface area contributed by atoms with E-state index in [1.165, 1.54) is 5.69 Å². The Balaban J connectivity index is 1.92. The van der Waals surface area contributed by atoms with E-state index in [2.05, 4.69) is 43.1 Å². The molecule has 1 aromatic carbocycles. The molecule has 20 heavy (non-hydrogen) atoms. The van der Waals surface area contributed by atoms with Gasteiger partial charge in [-0.05, 0) is 29.7 Å². The summed E-state index contributed by atoms with van der Waals surface area (Å²) in [5.41, 5.74) is 2.05. The second-order valence-corrected chi connectivity index (χ2v) is 6.43. The van der Waals surface area contributed by atoms with Crippen molar-refractivity contribution >= 4 is 17.3 Å². The van der Waals surface area contributed by atoms with Crippen LogP contribution in [0.15, 0.2) is 24.3 Å². The number of rotatable bonds is 3. The van der Waals surface area contributed by atoms with Crippen LogP contribution in [0.5, 0.6) is 0 Å². The first kappa shape index (κ1) is 14.9. The van der Waals surface area contributed by atoms with Gasteiger partial charge in [-0.25, -0.2) is 0 Å². The Hall–Kier alpha value is -1.55. The molecular formula is C16H24N2O2. The smallest absolute Gasteiger partial charge is 0.224 e. The van der Waals surface area contributed by atoms with Gasteiger partial charge in [0.25, 0.3) is 0 Å². The van der Waals surface area contributed by atoms with Gasteiger partial charge >= 0.3 is 0 Å². The SMILES string of the molecule is CC(C)(C)CC(=O)Nc1ccc(N2CCOCC2)cc1. The molecule has 0 aliphatic carbocycles. The maximum Gasteiger partial charge on any atom is 0.224 e. The number of hydrogen-bond acceptors (Lipinski definition) is 3. The molecule has 1 aliphatic heterocycles. The van der Waals surface area contributed by atoms with Crippen LogP contribution in [0.1, 0.15) is 27.2 Å². The number of nitrogens with zero attached hydrogens (tertiary/aromatic N) is 1. The summed E-state index contributed by atoms with van der Waals surface area (Å²) in [7, 11) is 0. The van der Waals surface area contributed by atoms with E-state index in [9.17, 15) is 4.79 Å². The molecule has 1 fully saturated rings. The zero-order valence-corrected chi connectivity index (χ0v) is 12.6. The van der Waals surface area contributed by atoms with Crippen LogP contribution >= 0.6 is 0 Å². The quantitative estimate of drug-likeness (QED) is 0.923. The van der Waals surface area contributed by atoms with Gasteiger partial charge in [0.2, 0.25) is 5.91 Å². The zero-order chi connectivity index (χ0) is 14.6. The van der Waals surface area contributed by atoms with Crippen LogP contribution in [0.25, 0.3) is 0 Å². The lowest BCUT2D eigenvalue weighted by Gasteiger charge is -2.29. The van der Waals surface area contributed by atoms with Crippen molar-refractivity contribution in [2.24, 2.45) is 5.41 Å². The van der Waals surface area contributed by atoms with Gasteiger partial charge in [-0.1, -0.05) is 20.8 Å². The minimum atomic E-state index is 0.0117. The number of morpholine rings is 1. The van der Waals surface area contributed by atoms with Crippen molar-refractivity contribution in [1.29, 1.82) is 0 Å². The van der Waals surface area contributed by atoms with Crippen LogP contribution in [0, 0.1) is 5.41 Å². The standard InChI is InChI=1S/C16H24N2O2/c1-16(2,3)12-15(19)17-13-4-6-14(7-5-13)18-8-10-20-11-9-18/h4-7H,8-12H2,1-3H3,(H,17,19). The van der Waals surface area contributed by atoms with Crippen molar-refractivity contribution in [3.05, 3.63) is 24.3 Å². The molecule has 0 saturated carbocycles. The lowest BCUT2D eigenvalue weighted by atomic mass is 9.92. The summed E-state index contributed by atoms with van der Waals surface area (Å²) in [6.07, 6.45) is 0.526. The Bertz CT molecular complexity index is 443. The highest BCUT2D eigenvalue weighted by atomic mass is 16.5. The summed E-state index contributed by atoms with van der Waals surface area (Å²) in [6.45, 7) is 9.61. The molecule has 0 spiro atoms. The van der Waals surface area contributed by atoms with E-state index in [1.54, 1.807) is 0 Å². The fraction of sp³-hybridized carbons (Fsp3) is 0.562. The molecule has 4 nitrogen and oxygen atoms in total. The van der Waals surface area contributed by atoms with Crippen LogP contribution in [0.3, 0.4) is 0 Å². The Morgan fingerprint density at radius 1 is 1.20 bits per heavy atom. The molecule has 1 heterocycles. The predicted molar refractivity (Wildman–Crippen MR) is 82.2 cm³/mol. The molecule has 0 unspecified atom stereocenters. The first-order valence-corrected chi connectivity index (χ1v) is 7.17. The Morgan fingerprint density at radius 3 is 2.35 bits per heavy atom. The van der Waals surface area contributed by atoms with Crippen LogP contribution in [0.4, 0.5) is 11.4 Å². The summed E-state index contributed by atoms with van der Waals surface area (Å²) in [5, 5.41) is 2.95. The highest BCUT2D eigenvalue weighted by molar-refractivity contribution is 5.91. The first-order chi connectivity index (χ1) is 9.44. The molecule has 1 aromatic rings. The molecule has 0 aromatic heterocycles. The number of carbonyl (C=O) groups is 1. The minimum Gasteiger partial charge on any atom is -0.378 e. The largest absolute Gasteiger partial charge is 0.378 e. The van der Waals surface area contributed by atoms with Gasteiger partial charge < -0.3 is 15.0 Å². The van der Waals surface area contributed by atoms with Gasteiger partial charge in [-0.2, -0.15) is 0 Å². The molecule has 1 saturated heterocycles.